The van der Waals surface area contributed by atoms with Crippen molar-refractivity contribution >= 4 is 0 Å². The average molecular weight is 210 g/mol. The number of nitrogens with one attached hydrogen (secondary N) is 1. The number of hydrogen-bond donors (Lipinski definition) is 1. The van der Waals surface area contributed by atoms with Crippen molar-refractivity contribution in [2.75, 3.05) is 20.1 Å². The maximum absolute atomic E-state index is 3.42. The zero-order valence-corrected chi connectivity index (χ0v) is 10.5. The lowest BCUT2D eigenvalue weighted by Gasteiger charge is -2.39. The Morgan fingerprint density at radius 1 is 1.33 bits per heavy atom. The molecule has 1 N–H and O–H groups in total. The highest BCUT2D eigenvalue weighted by Crippen LogP contribution is 2.37. The zero-order chi connectivity index (χ0) is 10.8. The van der Waals surface area contributed by atoms with Gasteiger partial charge in [0.05, 0.1) is 0 Å². The highest BCUT2D eigenvalue weighted by atomic mass is 15.2. The number of likely N-dealkylation sites (tertiary alicyclic amines) is 1. The first-order chi connectivity index (χ1) is 7.20. The van der Waals surface area contributed by atoms with Gasteiger partial charge in [-0.2, -0.15) is 0 Å². The monoisotopic (exact) mass is 210 g/mol. The van der Waals surface area contributed by atoms with Crippen molar-refractivity contribution in [3.8, 4) is 0 Å². The summed E-state index contributed by atoms with van der Waals surface area (Å²) in [4.78, 5) is 2.71. The van der Waals surface area contributed by atoms with Crippen molar-refractivity contribution in [3.05, 3.63) is 0 Å². The van der Waals surface area contributed by atoms with E-state index in [-0.39, 0.29) is 0 Å². The van der Waals surface area contributed by atoms with Gasteiger partial charge in [-0.3, -0.25) is 0 Å². The van der Waals surface area contributed by atoms with E-state index >= 15 is 0 Å². The lowest BCUT2D eigenvalue weighted by molar-refractivity contribution is 0.116. The summed E-state index contributed by atoms with van der Waals surface area (Å²) in [6.07, 6.45) is 5.64. The van der Waals surface area contributed by atoms with Crippen LogP contribution in [0.4, 0.5) is 0 Å². The van der Waals surface area contributed by atoms with Crippen molar-refractivity contribution < 1.29 is 0 Å². The normalized spacial score (nSPS) is 35.4. The lowest BCUT2D eigenvalue weighted by Crippen LogP contribution is -2.48. The standard InChI is InChI=1S/C13H26N2/c1-10(12-4-5-12)9-15-7-6-13(14-3)8-11(15)2/h10-14H,4-9H2,1-3H3. The highest BCUT2D eigenvalue weighted by molar-refractivity contribution is 4.86. The molecule has 15 heavy (non-hydrogen) atoms. The van der Waals surface area contributed by atoms with Crippen LogP contribution in [-0.4, -0.2) is 37.1 Å². The summed E-state index contributed by atoms with van der Waals surface area (Å²) < 4.78 is 0. The first-order valence-electron chi connectivity index (χ1n) is 6.62. The smallest absolute Gasteiger partial charge is 0.00910 e. The molecule has 1 saturated heterocycles. The van der Waals surface area contributed by atoms with Crippen LogP contribution in [0.1, 0.15) is 39.5 Å². The third kappa shape index (κ3) is 2.94. The summed E-state index contributed by atoms with van der Waals surface area (Å²) in [5.74, 6) is 1.98. The second-order valence-electron chi connectivity index (χ2n) is 5.67. The van der Waals surface area contributed by atoms with Gasteiger partial charge in [0.25, 0.3) is 0 Å². The molecule has 0 aromatic carbocycles. The van der Waals surface area contributed by atoms with Crippen LogP contribution in [0.15, 0.2) is 0 Å². The molecule has 0 amide bonds. The van der Waals surface area contributed by atoms with Crippen molar-refractivity contribution in [3.63, 3.8) is 0 Å². The molecule has 1 aliphatic carbocycles. The highest BCUT2D eigenvalue weighted by Gasteiger charge is 2.31. The molecule has 3 unspecified atom stereocenters. The van der Waals surface area contributed by atoms with Crippen LogP contribution in [-0.2, 0) is 0 Å². The van der Waals surface area contributed by atoms with Crippen LogP contribution in [0.2, 0.25) is 0 Å². The van der Waals surface area contributed by atoms with Gasteiger partial charge in [0, 0.05) is 18.6 Å². The van der Waals surface area contributed by atoms with Gasteiger partial charge in [-0.15, -0.1) is 0 Å². The molecule has 0 aromatic heterocycles. The minimum Gasteiger partial charge on any atom is -0.317 e. The Balaban J connectivity index is 1.77. The fraction of sp³-hybridized carbons (Fsp3) is 1.00. The van der Waals surface area contributed by atoms with Gasteiger partial charge in [0.2, 0.25) is 0 Å². The van der Waals surface area contributed by atoms with Crippen LogP contribution in [0.3, 0.4) is 0 Å². The van der Waals surface area contributed by atoms with Gasteiger partial charge in [0.1, 0.15) is 0 Å². The molecule has 1 saturated carbocycles. The molecule has 1 heterocycles. The third-order valence-corrected chi connectivity index (χ3v) is 4.37. The molecule has 2 rings (SSSR count). The molecule has 2 nitrogen and oxygen atoms in total. The molecular weight excluding hydrogens is 184 g/mol. The van der Waals surface area contributed by atoms with E-state index in [0.717, 1.165) is 23.9 Å². The quantitative estimate of drug-likeness (QED) is 0.764. The maximum Gasteiger partial charge on any atom is 0.00910 e. The summed E-state index contributed by atoms with van der Waals surface area (Å²) in [5.41, 5.74) is 0. The Labute approximate surface area is 94.4 Å². The maximum atomic E-state index is 3.42. The van der Waals surface area contributed by atoms with E-state index in [4.69, 9.17) is 0 Å². The third-order valence-electron chi connectivity index (χ3n) is 4.37. The summed E-state index contributed by atoms with van der Waals surface area (Å²) in [6.45, 7) is 7.46. The minimum atomic E-state index is 0.757. The van der Waals surface area contributed by atoms with E-state index in [0.29, 0.717) is 0 Å². The van der Waals surface area contributed by atoms with Crippen LogP contribution < -0.4 is 5.32 Å². The number of hydrogen-bond acceptors (Lipinski definition) is 2. The Kier molecular flexibility index (Phi) is 3.68. The van der Waals surface area contributed by atoms with E-state index < -0.39 is 0 Å². The first-order valence-corrected chi connectivity index (χ1v) is 6.62. The van der Waals surface area contributed by atoms with E-state index in [1.165, 1.54) is 38.8 Å². The van der Waals surface area contributed by atoms with Crippen molar-refractivity contribution in [1.82, 2.24) is 10.2 Å². The predicted octanol–water partition coefficient (Wildman–Crippen LogP) is 2.10. The molecule has 0 radical (unpaired) electrons. The fourth-order valence-electron chi connectivity index (χ4n) is 2.94. The van der Waals surface area contributed by atoms with E-state index in [1.54, 1.807) is 0 Å². The van der Waals surface area contributed by atoms with Crippen molar-refractivity contribution in [1.29, 1.82) is 0 Å². The van der Waals surface area contributed by atoms with Gasteiger partial charge >= 0.3 is 0 Å². The molecule has 0 aromatic rings. The van der Waals surface area contributed by atoms with Crippen LogP contribution >= 0.6 is 0 Å². The lowest BCUT2D eigenvalue weighted by atomic mass is 9.96. The second kappa shape index (κ2) is 4.84. The molecule has 2 aliphatic rings. The van der Waals surface area contributed by atoms with Crippen LogP contribution in [0.25, 0.3) is 0 Å². The number of nitrogens with zero attached hydrogens (tertiary/aromatic N) is 1. The van der Waals surface area contributed by atoms with Crippen molar-refractivity contribution in [2.24, 2.45) is 11.8 Å². The first kappa shape index (κ1) is 11.4. The van der Waals surface area contributed by atoms with Crippen LogP contribution in [0, 0.1) is 11.8 Å². The SMILES string of the molecule is CNC1CCN(CC(C)C2CC2)C(C)C1. The van der Waals surface area contributed by atoms with Gasteiger partial charge < -0.3 is 10.2 Å². The zero-order valence-electron chi connectivity index (χ0n) is 10.5. The van der Waals surface area contributed by atoms with E-state index in [1.807, 2.05) is 0 Å². The Bertz CT molecular complexity index is 201. The number of rotatable bonds is 4. The second-order valence-corrected chi connectivity index (χ2v) is 5.67. The molecule has 2 heteroatoms. The van der Waals surface area contributed by atoms with Crippen LogP contribution in [0.5, 0.6) is 0 Å². The number of piperidine rings is 1. The largest absolute Gasteiger partial charge is 0.317 e. The van der Waals surface area contributed by atoms with Gasteiger partial charge in [-0.25, -0.2) is 0 Å². The molecule has 0 bridgehead atoms. The molecule has 2 fully saturated rings. The van der Waals surface area contributed by atoms with E-state index in [9.17, 15) is 0 Å². The Morgan fingerprint density at radius 3 is 2.60 bits per heavy atom. The molecule has 3 atom stereocenters. The topological polar surface area (TPSA) is 15.3 Å². The molecule has 1 aliphatic heterocycles. The predicted molar refractivity (Wildman–Crippen MR) is 65.0 cm³/mol. The summed E-state index contributed by atoms with van der Waals surface area (Å²) in [7, 11) is 2.10. The molecule has 0 spiro atoms. The summed E-state index contributed by atoms with van der Waals surface area (Å²) in [6, 6.07) is 1.53. The van der Waals surface area contributed by atoms with Gasteiger partial charge in [-0.05, 0) is 58.0 Å². The van der Waals surface area contributed by atoms with Gasteiger partial charge in [-0.1, -0.05) is 6.92 Å². The Morgan fingerprint density at radius 2 is 2.07 bits per heavy atom. The average Bonchev–Trinajstić information content (AvgIpc) is 3.04. The molecular formula is C13H26N2. The van der Waals surface area contributed by atoms with Gasteiger partial charge in [0.15, 0.2) is 0 Å². The van der Waals surface area contributed by atoms with Crippen molar-refractivity contribution in [2.45, 2.75) is 51.6 Å². The fourth-order valence-corrected chi connectivity index (χ4v) is 2.94. The minimum absolute atomic E-state index is 0.757. The Hall–Kier alpha value is -0.0800. The summed E-state index contributed by atoms with van der Waals surface area (Å²) in [5, 5.41) is 3.42. The van der Waals surface area contributed by atoms with E-state index in [2.05, 4.69) is 31.1 Å². The summed E-state index contributed by atoms with van der Waals surface area (Å²) >= 11 is 0. The molecule has 88 valence electrons.